The van der Waals surface area contributed by atoms with Crippen molar-refractivity contribution in [2.45, 2.75) is 38.1 Å². The molecule has 1 aromatic carbocycles. The summed E-state index contributed by atoms with van der Waals surface area (Å²) in [5.41, 5.74) is 2.82. The smallest absolute Gasteiger partial charge is 0.255 e. The lowest BCUT2D eigenvalue weighted by Gasteiger charge is -2.30. The third-order valence-electron chi connectivity index (χ3n) is 5.16. The molecule has 1 aliphatic heterocycles. The molecule has 25 heavy (non-hydrogen) atoms. The molecule has 0 radical (unpaired) electrons. The molecule has 1 saturated carbocycles. The Hall–Kier alpha value is -1.85. The molecule has 1 aromatic heterocycles. The monoisotopic (exact) mass is 360 g/mol. The SMILES string of the molecule is CC1CCNCC1NC(=O)c1cnn(-c2ccccc2)c1C1CC1.Cl. The van der Waals surface area contributed by atoms with E-state index in [2.05, 4.69) is 22.7 Å². The zero-order chi connectivity index (χ0) is 16.5. The van der Waals surface area contributed by atoms with E-state index in [0.29, 0.717) is 11.8 Å². The molecule has 134 valence electrons. The standard InChI is InChI=1S/C19H24N4O.ClH/c1-13-9-10-20-12-17(13)22-19(24)16-11-21-23(18(16)14-7-8-14)15-5-3-2-4-6-15;/h2-6,11,13-14,17,20H,7-10,12H2,1H3,(H,22,24);1H. The maximum Gasteiger partial charge on any atom is 0.255 e. The lowest BCUT2D eigenvalue weighted by atomic mass is 9.94. The maximum atomic E-state index is 12.9. The molecule has 2 heterocycles. The van der Waals surface area contributed by atoms with Crippen LogP contribution in [-0.4, -0.2) is 34.8 Å². The Morgan fingerprint density at radius 2 is 2.00 bits per heavy atom. The minimum atomic E-state index is 0. The van der Waals surface area contributed by atoms with Crippen molar-refractivity contribution >= 4 is 18.3 Å². The number of hydrogen-bond acceptors (Lipinski definition) is 3. The molecule has 0 spiro atoms. The number of piperidine rings is 1. The molecule has 2 fully saturated rings. The van der Waals surface area contributed by atoms with Crippen LogP contribution in [-0.2, 0) is 0 Å². The van der Waals surface area contributed by atoms with E-state index in [1.165, 1.54) is 0 Å². The van der Waals surface area contributed by atoms with Crippen LogP contribution in [0.5, 0.6) is 0 Å². The Balaban J connectivity index is 0.00000182. The molecule has 1 aliphatic carbocycles. The van der Waals surface area contributed by atoms with Gasteiger partial charge in [-0.2, -0.15) is 5.10 Å². The van der Waals surface area contributed by atoms with Crippen molar-refractivity contribution in [1.29, 1.82) is 0 Å². The second-order valence-corrected chi connectivity index (χ2v) is 7.02. The van der Waals surface area contributed by atoms with Crippen molar-refractivity contribution in [1.82, 2.24) is 20.4 Å². The average molecular weight is 361 g/mol. The summed E-state index contributed by atoms with van der Waals surface area (Å²) in [6, 6.07) is 10.3. The first-order valence-electron chi connectivity index (χ1n) is 8.89. The van der Waals surface area contributed by atoms with E-state index >= 15 is 0 Å². The van der Waals surface area contributed by atoms with Gasteiger partial charge in [-0.05, 0) is 43.9 Å². The van der Waals surface area contributed by atoms with Crippen LogP contribution in [0, 0.1) is 5.92 Å². The summed E-state index contributed by atoms with van der Waals surface area (Å²) in [5, 5.41) is 11.1. The van der Waals surface area contributed by atoms with Crippen LogP contribution < -0.4 is 10.6 Å². The molecule has 2 unspecified atom stereocenters. The summed E-state index contributed by atoms with van der Waals surface area (Å²) in [6.45, 7) is 4.09. The minimum Gasteiger partial charge on any atom is -0.348 e. The molecule has 4 rings (SSSR count). The van der Waals surface area contributed by atoms with Gasteiger partial charge in [0.25, 0.3) is 5.91 Å². The largest absolute Gasteiger partial charge is 0.348 e. The third-order valence-corrected chi connectivity index (χ3v) is 5.16. The molecule has 2 N–H and O–H groups in total. The lowest BCUT2D eigenvalue weighted by Crippen LogP contribution is -2.50. The van der Waals surface area contributed by atoms with Crippen LogP contribution in [0.2, 0.25) is 0 Å². The number of hydrogen-bond donors (Lipinski definition) is 2. The van der Waals surface area contributed by atoms with Gasteiger partial charge in [-0.25, -0.2) is 4.68 Å². The summed E-state index contributed by atoms with van der Waals surface area (Å²) in [4.78, 5) is 12.9. The molecule has 2 aromatic rings. The number of para-hydroxylation sites is 1. The first-order chi connectivity index (χ1) is 11.7. The average Bonchev–Trinajstić information content (AvgIpc) is 3.35. The molecular weight excluding hydrogens is 336 g/mol. The van der Waals surface area contributed by atoms with Crippen LogP contribution in [0.25, 0.3) is 5.69 Å². The van der Waals surface area contributed by atoms with Crippen molar-refractivity contribution < 1.29 is 4.79 Å². The van der Waals surface area contributed by atoms with Gasteiger partial charge < -0.3 is 10.6 Å². The predicted octanol–water partition coefficient (Wildman–Crippen LogP) is 2.90. The predicted molar refractivity (Wildman–Crippen MR) is 101 cm³/mol. The topological polar surface area (TPSA) is 58.9 Å². The molecule has 1 saturated heterocycles. The van der Waals surface area contributed by atoms with Crippen molar-refractivity contribution in [3.63, 3.8) is 0 Å². The quantitative estimate of drug-likeness (QED) is 0.881. The number of benzene rings is 1. The highest BCUT2D eigenvalue weighted by Gasteiger charge is 2.34. The van der Waals surface area contributed by atoms with Gasteiger partial charge in [0.2, 0.25) is 0 Å². The molecule has 2 atom stereocenters. The summed E-state index contributed by atoms with van der Waals surface area (Å²) < 4.78 is 1.94. The Morgan fingerprint density at radius 3 is 2.68 bits per heavy atom. The number of carbonyl (C=O) groups is 1. The van der Waals surface area contributed by atoms with Gasteiger partial charge in [0.15, 0.2) is 0 Å². The van der Waals surface area contributed by atoms with Crippen LogP contribution in [0.3, 0.4) is 0 Å². The van der Waals surface area contributed by atoms with Crippen molar-refractivity contribution in [2.75, 3.05) is 13.1 Å². The Bertz CT molecular complexity index is 726. The zero-order valence-electron chi connectivity index (χ0n) is 14.4. The number of carbonyl (C=O) groups excluding carboxylic acids is 1. The Morgan fingerprint density at radius 1 is 1.24 bits per heavy atom. The summed E-state index contributed by atoms with van der Waals surface area (Å²) in [5.74, 6) is 0.971. The van der Waals surface area contributed by atoms with Gasteiger partial charge in [-0.1, -0.05) is 25.1 Å². The molecule has 0 bridgehead atoms. The summed E-state index contributed by atoms with van der Waals surface area (Å²) >= 11 is 0. The van der Waals surface area contributed by atoms with E-state index in [1.807, 2.05) is 35.0 Å². The van der Waals surface area contributed by atoms with E-state index < -0.39 is 0 Å². The zero-order valence-corrected chi connectivity index (χ0v) is 15.3. The molecule has 5 nitrogen and oxygen atoms in total. The Labute approximate surface area is 154 Å². The van der Waals surface area contributed by atoms with Gasteiger partial charge in [0, 0.05) is 18.5 Å². The van der Waals surface area contributed by atoms with E-state index in [-0.39, 0.29) is 24.4 Å². The molecule has 6 heteroatoms. The second-order valence-electron chi connectivity index (χ2n) is 7.02. The van der Waals surface area contributed by atoms with Crippen LogP contribution in [0.15, 0.2) is 36.5 Å². The van der Waals surface area contributed by atoms with E-state index in [4.69, 9.17) is 0 Å². The Kier molecular flexibility index (Phi) is 5.45. The van der Waals surface area contributed by atoms with Crippen molar-refractivity contribution in [3.05, 3.63) is 47.8 Å². The first-order valence-corrected chi connectivity index (χ1v) is 8.89. The number of halogens is 1. The number of nitrogens with zero attached hydrogens (tertiary/aromatic N) is 2. The third kappa shape index (κ3) is 3.72. The first kappa shape index (κ1) is 18.0. The van der Waals surface area contributed by atoms with Crippen LogP contribution in [0.1, 0.15) is 48.2 Å². The van der Waals surface area contributed by atoms with Gasteiger partial charge >= 0.3 is 0 Å². The fourth-order valence-corrected chi connectivity index (χ4v) is 3.49. The highest BCUT2D eigenvalue weighted by molar-refractivity contribution is 5.95. The van der Waals surface area contributed by atoms with E-state index in [1.54, 1.807) is 6.20 Å². The summed E-state index contributed by atoms with van der Waals surface area (Å²) in [7, 11) is 0. The normalized spacial score (nSPS) is 22.9. The number of rotatable bonds is 4. The minimum absolute atomic E-state index is 0. The number of aromatic nitrogens is 2. The van der Waals surface area contributed by atoms with Gasteiger partial charge in [-0.3, -0.25) is 4.79 Å². The van der Waals surface area contributed by atoms with Crippen molar-refractivity contribution in [3.8, 4) is 5.69 Å². The van der Waals surface area contributed by atoms with Gasteiger partial charge in [0.05, 0.1) is 23.1 Å². The highest BCUT2D eigenvalue weighted by atomic mass is 35.5. The van der Waals surface area contributed by atoms with Gasteiger partial charge in [-0.15, -0.1) is 12.4 Å². The van der Waals surface area contributed by atoms with E-state index in [0.717, 1.165) is 49.3 Å². The van der Waals surface area contributed by atoms with E-state index in [9.17, 15) is 4.79 Å². The van der Waals surface area contributed by atoms with Gasteiger partial charge in [0.1, 0.15) is 0 Å². The lowest BCUT2D eigenvalue weighted by molar-refractivity contribution is 0.0914. The fraction of sp³-hybridized carbons (Fsp3) is 0.474. The maximum absolute atomic E-state index is 12.9. The number of amides is 1. The fourth-order valence-electron chi connectivity index (χ4n) is 3.49. The molecule has 2 aliphatic rings. The van der Waals surface area contributed by atoms with Crippen LogP contribution in [0.4, 0.5) is 0 Å². The van der Waals surface area contributed by atoms with Crippen molar-refractivity contribution in [2.24, 2.45) is 5.92 Å². The second kappa shape index (κ2) is 7.58. The molecule has 1 amide bonds. The molecular formula is C19H25ClN4O. The highest BCUT2D eigenvalue weighted by Crippen LogP contribution is 2.42. The van der Waals surface area contributed by atoms with Crippen LogP contribution >= 0.6 is 12.4 Å². The summed E-state index contributed by atoms with van der Waals surface area (Å²) in [6.07, 6.45) is 5.11. The number of nitrogens with one attached hydrogen (secondary N) is 2.